The molecule has 21 heavy (non-hydrogen) atoms. The van der Waals surface area contributed by atoms with Gasteiger partial charge in [0.05, 0.1) is 6.61 Å². The fourth-order valence-corrected chi connectivity index (χ4v) is 2.19. The van der Waals surface area contributed by atoms with E-state index < -0.39 is 5.54 Å². The lowest BCUT2D eigenvalue weighted by Gasteiger charge is -2.29. The molecule has 0 aliphatic heterocycles. The van der Waals surface area contributed by atoms with Crippen LogP contribution in [0.4, 0.5) is 5.69 Å². The highest BCUT2D eigenvalue weighted by molar-refractivity contribution is 5.85. The molecule has 1 heterocycles. The average molecular weight is 284 g/mol. The smallest absolute Gasteiger partial charge is 0.336 e. The lowest BCUT2D eigenvalue weighted by molar-refractivity contribution is -0.148. The summed E-state index contributed by atoms with van der Waals surface area (Å²) in [6.07, 6.45) is 3.36. The van der Waals surface area contributed by atoms with E-state index in [4.69, 9.17) is 4.74 Å². The Bertz CT molecular complexity index is 613. The molecule has 1 aromatic heterocycles. The van der Waals surface area contributed by atoms with Crippen LogP contribution in [0, 0.1) is 6.92 Å². The normalized spacial score (nSPS) is 13.3. The van der Waals surface area contributed by atoms with Crippen molar-refractivity contribution >= 4 is 11.7 Å². The van der Waals surface area contributed by atoms with E-state index in [1.54, 1.807) is 19.3 Å². The summed E-state index contributed by atoms with van der Waals surface area (Å²) >= 11 is 0. The number of ether oxygens (including phenoxy) is 1. The summed E-state index contributed by atoms with van der Waals surface area (Å²) in [5.74, 6) is -0.320. The first-order valence-corrected chi connectivity index (χ1v) is 6.99. The van der Waals surface area contributed by atoms with Crippen LogP contribution in [0.25, 0.3) is 0 Å². The van der Waals surface area contributed by atoms with Gasteiger partial charge in [-0.05, 0) is 44.5 Å². The number of benzene rings is 1. The van der Waals surface area contributed by atoms with Crippen LogP contribution in [0.5, 0.6) is 0 Å². The van der Waals surface area contributed by atoms with Crippen molar-refractivity contribution in [2.45, 2.75) is 26.3 Å². The molecular weight excluding hydrogens is 264 g/mol. The molecule has 0 saturated heterocycles. The zero-order valence-electron chi connectivity index (χ0n) is 12.6. The van der Waals surface area contributed by atoms with Gasteiger partial charge in [-0.3, -0.25) is 4.98 Å². The average Bonchev–Trinajstić information content (AvgIpc) is 2.48. The Morgan fingerprint density at radius 3 is 2.76 bits per heavy atom. The number of hydrogen-bond donors (Lipinski definition) is 1. The predicted octanol–water partition coefficient (Wildman–Crippen LogP) is 3.28. The summed E-state index contributed by atoms with van der Waals surface area (Å²) in [7, 11) is 0. The highest BCUT2D eigenvalue weighted by Crippen LogP contribution is 2.27. The zero-order valence-corrected chi connectivity index (χ0v) is 12.6. The van der Waals surface area contributed by atoms with Crippen molar-refractivity contribution in [3.63, 3.8) is 0 Å². The van der Waals surface area contributed by atoms with Gasteiger partial charge in [-0.25, -0.2) is 4.79 Å². The number of pyridine rings is 1. The molecule has 1 atom stereocenters. The largest absolute Gasteiger partial charge is 0.464 e. The quantitative estimate of drug-likeness (QED) is 0.856. The van der Waals surface area contributed by atoms with Crippen molar-refractivity contribution in [2.75, 3.05) is 11.9 Å². The molecule has 0 aliphatic carbocycles. The van der Waals surface area contributed by atoms with Crippen LogP contribution in [-0.2, 0) is 15.1 Å². The van der Waals surface area contributed by atoms with E-state index in [0.29, 0.717) is 6.61 Å². The molecule has 4 heteroatoms. The third kappa shape index (κ3) is 3.40. The van der Waals surface area contributed by atoms with Crippen LogP contribution in [0.2, 0.25) is 0 Å². The van der Waals surface area contributed by atoms with Crippen LogP contribution >= 0.6 is 0 Å². The summed E-state index contributed by atoms with van der Waals surface area (Å²) in [6, 6.07) is 11.6. The fraction of sp³-hybridized carbons (Fsp3) is 0.294. The molecule has 0 fully saturated rings. The number of hydrogen-bond acceptors (Lipinski definition) is 4. The Hall–Kier alpha value is -2.36. The molecule has 0 amide bonds. The van der Waals surface area contributed by atoms with Crippen molar-refractivity contribution < 1.29 is 9.53 Å². The van der Waals surface area contributed by atoms with Gasteiger partial charge < -0.3 is 10.1 Å². The van der Waals surface area contributed by atoms with Gasteiger partial charge in [-0.15, -0.1) is 0 Å². The Morgan fingerprint density at radius 2 is 2.14 bits per heavy atom. The first kappa shape index (κ1) is 15.0. The van der Waals surface area contributed by atoms with Gasteiger partial charge in [0.15, 0.2) is 5.54 Å². The van der Waals surface area contributed by atoms with E-state index >= 15 is 0 Å². The van der Waals surface area contributed by atoms with Gasteiger partial charge in [0.25, 0.3) is 0 Å². The Kier molecular flexibility index (Phi) is 4.58. The predicted molar refractivity (Wildman–Crippen MR) is 83.0 cm³/mol. The van der Waals surface area contributed by atoms with Gasteiger partial charge in [0.2, 0.25) is 0 Å². The summed E-state index contributed by atoms with van der Waals surface area (Å²) in [6.45, 7) is 5.96. The number of nitrogens with zero attached hydrogens (tertiary/aromatic N) is 1. The first-order valence-electron chi connectivity index (χ1n) is 6.99. The van der Waals surface area contributed by atoms with E-state index in [-0.39, 0.29) is 5.97 Å². The maximum absolute atomic E-state index is 12.4. The maximum Gasteiger partial charge on any atom is 0.336 e. The number of aromatic nitrogens is 1. The molecule has 1 unspecified atom stereocenters. The molecule has 0 aliphatic rings. The molecule has 1 N–H and O–H groups in total. The van der Waals surface area contributed by atoms with Crippen LogP contribution in [0.15, 0.2) is 48.8 Å². The third-order valence-electron chi connectivity index (χ3n) is 3.33. The SMILES string of the molecule is CCOC(=O)C(C)(Nc1cccc(C)c1)c1cccnc1. The number of anilines is 1. The van der Waals surface area contributed by atoms with Crippen molar-refractivity contribution in [1.82, 2.24) is 4.98 Å². The Balaban J connectivity index is 2.39. The minimum atomic E-state index is -0.974. The van der Waals surface area contributed by atoms with Gasteiger partial charge in [0, 0.05) is 23.6 Å². The second-order valence-corrected chi connectivity index (χ2v) is 5.08. The second-order valence-electron chi connectivity index (χ2n) is 5.08. The molecule has 1 aromatic carbocycles. The van der Waals surface area contributed by atoms with Crippen molar-refractivity contribution in [1.29, 1.82) is 0 Å². The summed E-state index contributed by atoms with van der Waals surface area (Å²) in [5.41, 5.74) is 1.79. The fourth-order valence-electron chi connectivity index (χ4n) is 2.19. The number of aryl methyl sites for hydroxylation is 1. The monoisotopic (exact) mass is 284 g/mol. The maximum atomic E-state index is 12.4. The van der Waals surface area contributed by atoms with Crippen LogP contribution in [0.1, 0.15) is 25.0 Å². The number of carbonyl (C=O) groups is 1. The highest BCUT2D eigenvalue weighted by atomic mass is 16.5. The van der Waals surface area contributed by atoms with Crippen LogP contribution < -0.4 is 5.32 Å². The summed E-state index contributed by atoms with van der Waals surface area (Å²) < 4.78 is 5.23. The zero-order chi connectivity index (χ0) is 15.3. The standard InChI is InChI=1S/C17H20N2O2/c1-4-21-16(20)17(3,14-8-6-10-18-12-14)19-15-9-5-7-13(2)11-15/h5-12,19H,4H2,1-3H3. The summed E-state index contributed by atoms with van der Waals surface area (Å²) in [4.78, 5) is 16.5. The molecule has 4 nitrogen and oxygen atoms in total. The molecule has 2 aromatic rings. The highest BCUT2D eigenvalue weighted by Gasteiger charge is 2.37. The molecule has 0 saturated carbocycles. The number of esters is 1. The van der Waals surface area contributed by atoms with E-state index in [1.807, 2.05) is 50.2 Å². The minimum Gasteiger partial charge on any atom is -0.464 e. The molecule has 0 spiro atoms. The van der Waals surface area contributed by atoms with Crippen LogP contribution in [-0.4, -0.2) is 17.6 Å². The molecular formula is C17H20N2O2. The van der Waals surface area contributed by atoms with E-state index in [2.05, 4.69) is 10.3 Å². The van der Waals surface area contributed by atoms with Gasteiger partial charge in [-0.1, -0.05) is 18.2 Å². The van der Waals surface area contributed by atoms with E-state index in [1.165, 1.54) is 0 Å². The minimum absolute atomic E-state index is 0.320. The van der Waals surface area contributed by atoms with Crippen LogP contribution in [0.3, 0.4) is 0 Å². The van der Waals surface area contributed by atoms with E-state index in [0.717, 1.165) is 16.8 Å². The topological polar surface area (TPSA) is 51.2 Å². The Morgan fingerprint density at radius 1 is 1.33 bits per heavy atom. The lowest BCUT2D eigenvalue weighted by Crippen LogP contribution is -2.42. The molecule has 110 valence electrons. The number of carbonyl (C=O) groups excluding carboxylic acids is 1. The van der Waals surface area contributed by atoms with Gasteiger partial charge in [-0.2, -0.15) is 0 Å². The van der Waals surface area contributed by atoms with Crippen molar-refractivity contribution in [3.8, 4) is 0 Å². The van der Waals surface area contributed by atoms with Gasteiger partial charge in [0.1, 0.15) is 0 Å². The molecule has 0 radical (unpaired) electrons. The first-order chi connectivity index (χ1) is 10.1. The number of rotatable bonds is 5. The molecule has 2 rings (SSSR count). The third-order valence-corrected chi connectivity index (χ3v) is 3.33. The van der Waals surface area contributed by atoms with Gasteiger partial charge >= 0.3 is 5.97 Å². The second kappa shape index (κ2) is 6.39. The van der Waals surface area contributed by atoms with E-state index in [9.17, 15) is 4.79 Å². The molecule has 0 bridgehead atoms. The number of nitrogens with one attached hydrogen (secondary N) is 1. The van der Waals surface area contributed by atoms with Crippen molar-refractivity contribution in [2.24, 2.45) is 0 Å². The lowest BCUT2D eigenvalue weighted by atomic mass is 9.93. The van der Waals surface area contributed by atoms with Crippen molar-refractivity contribution in [3.05, 3.63) is 59.9 Å². The Labute approximate surface area is 125 Å². The summed E-state index contributed by atoms with van der Waals surface area (Å²) in [5, 5.41) is 3.28.